The van der Waals surface area contributed by atoms with Crippen molar-refractivity contribution in [1.82, 2.24) is 5.32 Å². The second-order valence-corrected chi connectivity index (χ2v) is 26.0. The van der Waals surface area contributed by atoms with Crippen LogP contribution >= 0.6 is 0 Å². The van der Waals surface area contributed by atoms with E-state index in [0.29, 0.717) is 19.4 Å². The summed E-state index contributed by atoms with van der Waals surface area (Å²) in [5.41, 5.74) is 0. The molecule has 0 aromatic carbocycles. The van der Waals surface area contributed by atoms with Crippen LogP contribution in [0.25, 0.3) is 0 Å². The number of amides is 1. The van der Waals surface area contributed by atoms with Gasteiger partial charge < -0.3 is 45.1 Å². The van der Waals surface area contributed by atoms with Crippen molar-refractivity contribution in [3.05, 3.63) is 24.3 Å². The van der Waals surface area contributed by atoms with Gasteiger partial charge in [-0.05, 0) is 57.8 Å². The van der Waals surface area contributed by atoms with Crippen LogP contribution in [0, 0.1) is 0 Å². The Hall–Kier alpha value is -1.86. The Morgan fingerprint density at radius 2 is 0.753 bits per heavy atom. The van der Waals surface area contributed by atoms with E-state index in [2.05, 4.69) is 31.3 Å². The van der Waals surface area contributed by atoms with Crippen molar-refractivity contribution in [1.29, 1.82) is 0 Å². The van der Waals surface area contributed by atoms with E-state index in [1.165, 1.54) is 289 Å². The minimum atomic E-state index is -1.57. The molecule has 0 aromatic rings. The zero-order valence-electron chi connectivity index (χ0n) is 55.8. The molecule has 0 bridgehead atoms. The molecule has 6 N–H and O–H groups in total. The van der Waals surface area contributed by atoms with Gasteiger partial charge in [0.15, 0.2) is 6.29 Å². The van der Waals surface area contributed by atoms with Crippen LogP contribution < -0.4 is 5.32 Å². The average molecular weight is 1200 g/mol. The summed E-state index contributed by atoms with van der Waals surface area (Å²) in [5.74, 6) is -0.170. The van der Waals surface area contributed by atoms with Gasteiger partial charge in [-0.25, -0.2) is 0 Å². The quantitative estimate of drug-likeness (QED) is 0.0195. The number of aliphatic hydroxyl groups is 5. The van der Waals surface area contributed by atoms with E-state index in [9.17, 15) is 35.1 Å². The Balaban J connectivity index is 1.87. The Bertz CT molecular complexity index is 1460. The number of ether oxygens (including phenoxy) is 3. The molecule has 1 aliphatic rings. The Kier molecular flexibility index (Phi) is 60.8. The fourth-order valence-electron chi connectivity index (χ4n) is 12.0. The average Bonchev–Trinajstić information content (AvgIpc) is 3.68. The molecule has 0 spiro atoms. The summed E-state index contributed by atoms with van der Waals surface area (Å²) in [4.78, 5) is 25.1. The van der Waals surface area contributed by atoms with Crippen molar-refractivity contribution >= 4 is 11.9 Å². The highest BCUT2D eigenvalue weighted by molar-refractivity contribution is 5.76. The van der Waals surface area contributed by atoms with Gasteiger partial charge in [-0.2, -0.15) is 0 Å². The van der Waals surface area contributed by atoms with Crippen LogP contribution in [-0.4, -0.2) is 100 Å². The molecular formula is C74H141NO10. The van der Waals surface area contributed by atoms with Gasteiger partial charge in [0.2, 0.25) is 5.91 Å². The van der Waals surface area contributed by atoms with Crippen molar-refractivity contribution in [2.75, 3.05) is 19.8 Å². The fraction of sp³-hybridized carbons (Fsp3) is 0.919. The third kappa shape index (κ3) is 52.6. The summed E-state index contributed by atoms with van der Waals surface area (Å²) >= 11 is 0. The Labute approximate surface area is 524 Å². The highest BCUT2D eigenvalue weighted by atomic mass is 16.7. The molecule has 1 saturated heterocycles. The molecule has 1 aliphatic heterocycles. The highest BCUT2D eigenvalue weighted by Crippen LogP contribution is 2.24. The lowest BCUT2D eigenvalue weighted by atomic mass is 9.99. The third-order valence-electron chi connectivity index (χ3n) is 17.8. The summed E-state index contributed by atoms with van der Waals surface area (Å²) in [5, 5.41) is 54.3. The zero-order valence-corrected chi connectivity index (χ0v) is 55.8. The molecule has 7 unspecified atom stereocenters. The number of rotatable bonds is 66. The molecule has 11 heteroatoms. The summed E-state index contributed by atoms with van der Waals surface area (Å²) in [6.45, 7) is 4.35. The van der Waals surface area contributed by atoms with Gasteiger partial charge in [0, 0.05) is 12.8 Å². The summed E-state index contributed by atoms with van der Waals surface area (Å²) in [7, 11) is 0. The van der Waals surface area contributed by atoms with Crippen LogP contribution in [0.1, 0.15) is 373 Å². The molecule has 0 radical (unpaired) electrons. The van der Waals surface area contributed by atoms with Crippen LogP contribution in [0.4, 0.5) is 0 Å². The molecule has 85 heavy (non-hydrogen) atoms. The maximum Gasteiger partial charge on any atom is 0.305 e. The molecular weight excluding hydrogens is 1060 g/mol. The molecule has 0 aromatic heterocycles. The SMILES string of the molecule is CCCCCCCC/C=C\CCCCCCCC(=O)OCCCCCCCCCCCCCCCCCCCCCCCCCCCCCCCCCCCC(=O)NC(COC1OC(CO)C(O)C(O)C1O)C(O)/C=C/CCCCCCCCC. The lowest BCUT2D eigenvalue weighted by Gasteiger charge is -2.40. The van der Waals surface area contributed by atoms with Crippen molar-refractivity contribution in [3.63, 3.8) is 0 Å². The normalized spacial score (nSPS) is 18.0. The summed E-state index contributed by atoms with van der Waals surface area (Å²) in [6, 6.07) is -0.804. The number of carbonyl (C=O) groups excluding carboxylic acids is 2. The highest BCUT2D eigenvalue weighted by Gasteiger charge is 2.44. The van der Waals surface area contributed by atoms with Crippen molar-refractivity contribution < 1.29 is 49.3 Å². The number of nitrogens with one attached hydrogen (secondary N) is 1. The molecule has 502 valence electrons. The molecule has 1 amide bonds. The Morgan fingerprint density at radius 3 is 1.13 bits per heavy atom. The molecule has 0 aliphatic carbocycles. The Morgan fingerprint density at radius 1 is 0.424 bits per heavy atom. The van der Waals surface area contributed by atoms with E-state index >= 15 is 0 Å². The predicted octanol–water partition coefficient (Wildman–Crippen LogP) is 19.2. The van der Waals surface area contributed by atoms with E-state index in [1.807, 2.05) is 6.08 Å². The number of carbonyl (C=O) groups is 2. The minimum absolute atomic E-state index is 0.00706. The van der Waals surface area contributed by atoms with Crippen LogP contribution in [0.15, 0.2) is 24.3 Å². The van der Waals surface area contributed by atoms with Gasteiger partial charge in [0.1, 0.15) is 24.4 Å². The first-order chi connectivity index (χ1) is 41.7. The monoisotopic (exact) mass is 1200 g/mol. The standard InChI is InChI=1S/C74H141NO10/c1-3-5-7-9-11-13-14-15-35-39-42-46-50-54-58-62-70(79)83-63-59-55-51-47-43-40-37-34-32-30-28-26-24-22-20-18-16-17-19-21-23-25-27-29-31-33-36-38-41-45-49-53-57-61-69(78)75-66(67(77)60-56-52-48-44-12-10-8-6-4-2)65-84-74-73(82)72(81)71(80)68(64-76)85-74/h15,35,56,60,66-68,71-74,76-77,80-82H,3-14,16-34,36-55,57-59,61-65H2,1-2H3,(H,75,78)/b35-15-,60-56+. The first kappa shape index (κ1) is 81.2. The summed E-state index contributed by atoms with van der Waals surface area (Å²) in [6.07, 6.45) is 70.6. The number of aliphatic hydroxyl groups excluding tert-OH is 5. The number of esters is 1. The van der Waals surface area contributed by atoms with E-state index in [4.69, 9.17) is 14.2 Å². The van der Waals surface area contributed by atoms with Crippen LogP contribution in [0.5, 0.6) is 0 Å². The van der Waals surface area contributed by atoms with Crippen LogP contribution in [0.2, 0.25) is 0 Å². The second kappa shape index (κ2) is 63.7. The van der Waals surface area contributed by atoms with Crippen LogP contribution in [0.3, 0.4) is 0 Å². The van der Waals surface area contributed by atoms with Crippen LogP contribution in [-0.2, 0) is 23.8 Å². The molecule has 11 nitrogen and oxygen atoms in total. The van der Waals surface area contributed by atoms with E-state index in [1.54, 1.807) is 6.08 Å². The van der Waals surface area contributed by atoms with Crippen molar-refractivity contribution in [3.8, 4) is 0 Å². The number of allylic oxidation sites excluding steroid dienone is 3. The lowest BCUT2D eigenvalue weighted by Crippen LogP contribution is -2.60. The molecule has 0 saturated carbocycles. The predicted molar refractivity (Wildman–Crippen MR) is 357 cm³/mol. The van der Waals surface area contributed by atoms with Gasteiger partial charge in [0.05, 0.1) is 32.0 Å². The van der Waals surface area contributed by atoms with E-state index in [0.717, 1.165) is 57.8 Å². The number of unbranched alkanes of at least 4 members (excludes halogenated alkanes) is 50. The lowest BCUT2D eigenvalue weighted by molar-refractivity contribution is -0.302. The molecule has 7 atom stereocenters. The first-order valence-electron chi connectivity index (χ1n) is 37.1. The largest absolute Gasteiger partial charge is 0.466 e. The van der Waals surface area contributed by atoms with Crippen molar-refractivity contribution in [2.45, 2.75) is 416 Å². The zero-order chi connectivity index (χ0) is 61.6. The van der Waals surface area contributed by atoms with Gasteiger partial charge in [-0.1, -0.05) is 327 Å². The van der Waals surface area contributed by atoms with Gasteiger partial charge in [-0.15, -0.1) is 0 Å². The van der Waals surface area contributed by atoms with Gasteiger partial charge >= 0.3 is 5.97 Å². The summed E-state index contributed by atoms with van der Waals surface area (Å²) < 4.78 is 16.7. The maximum atomic E-state index is 13.0. The smallest absolute Gasteiger partial charge is 0.305 e. The fourth-order valence-corrected chi connectivity index (χ4v) is 12.0. The third-order valence-corrected chi connectivity index (χ3v) is 17.8. The van der Waals surface area contributed by atoms with Crippen molar-refractivity contribution in [2.24, 2.45) is 0 Å². The number of hydrogen-bond acceptors (Lipinski definition) is 10. The molecule has 1 heterocycles. The van der Waals surface area contributed by atoms with Gasteiger partial charge in [-0.3, -0.25) is 9.59 Å². The minimum Gasteiger partial charge on any atom is -0.466 e. The molecule has 1 fully saturated rings. The maximum absolute atomic E-state index is 13.0. The van der Waals surface area contributed by atoms with E-state index in [-0.39, 0.29) is 18.5 Å². The topological polar surface area (TPSA) is 175 Å². The van der Waals surface area contributed by atoms with Gasteiger partial charge in [0.25, 0.3) is 0 Å². The van der Waals surface area contributed by atoms with E-state index < -0.39 is 49.5 Å². The number of hydrogen-bond donors (Lipinski definition) is 6. The first-order valence-corrected chi connectivity index (χ1v) is 37.1. The second-order valence-electron chi connectivity index (χ2n) is 26.0. The molecule has 1 rings (SSSR count).